The highest BCUT2D eigenvalue weighted by molar-refractivity contribution is 5.77. The maximum absolute atomic E-state index is 10.9. The smallest absolute Gasteiger partial charge is 0.326 e. The molecule has 0 fully saturated rings. The molecule has 3 heteroatoms. The first-order valence-corrected chi connectivity index (χ1v) is 5.11. The van der Waals surface area contributed by atoms with Crippen LogP contribution in [-0.2, 0) is 4.79 Å². The van der Waals surface area contributed by atoms with E-state index in [0.717, 1.165) is 11.3 Å². The topological polar surface area (TPSA) is 49.3 Å². The fraction of sp³-hybridized carbons (Fsp3) is 0.417. The van der Waals surface area contributed by atoms with Crippen LogP contribution in [0.5, 0.6) is 0 Å². The molecule has 0 bridgehead atoms. The minimum atomic E-state index is -0.808. The van der Waals surface area contributed by atoms with Gasteiger partial charge >= 0.3 is 5.97 Å². The van der Waals surface area contributed by atoms with Gasteiger partial charge in [-0.1, -0.05) is 24.6 Å². The molecule has 1 aromatic carbocycles. The zero-order valence-corrected chi connectivity index (χ0v) is 9.37. The van der Waals surface area contributed by atoms with Crippen LogP contribution in [0.4, 0.5) is 5.69 Å². The number of aliphatic carboxylic acids is 1. The minimum Gasteiger partial charge on any atom is -0.480 e. The molecular formula is C12H17NO2. The Kier molecular flexibility index (Phi) is 3.72. The van der Waals surface area contributed by atoms with Crippen LogP contribution in [-0.4, -0.2) is 17.1 Å². The molecule has 0 amide bonds. The molecule has 82 valence electrons. The van der Waals surface area contributed by atoms with Crippen LogP contribution in [0.25, 0.3) is 0 Å². The van der Waals surface area contributed by atoms with Crippen molar-refractivity contribution < 1.29 is 9.90 Å². The van der Waals surface area contributed by atoms with Gasteiger partial charge in [-0.15, -0.1) is 0 Å². The Bertz CT molecular complexity index is 361. The Morgan fingerprint density at radius 3 is 2.60 bits per heavy atom. The van der Waals surface area contributed by atoms with E-state index in [1.165, 1.54) is 5.56 Å². The highest BCUT2D eigenvalue weighted by atomic mass is 16.4. The van der Waals surface area contributed by atoms with E-state index in [2.05, 4.69) is 5.32 Å². The van der Waals surface area contributed by atoms with Crippen molar-refractivity contribution in [2.75, 3.05) is 5.32 Å². The number of aryl methyl sites for hydroxylation is 2. The van der Waals surface area contributed by atoms with E-state index in [-0.39, 0.29) is 0 Å². The molecule has 3 nitrogen and oxygen atoms in total. The average molecular weight is 207 g/mol. The number of carboxylic acids is 1. The summed E-state index contributed by atoms with van der Waals surface area (Å²) >= 11 is 0. The van der Waals surface area contributed by atoms with Crippen molar-refractivity contribution in [3.05, 3.63) is 29.3 Å². The van der Waals surface area contributed by atoms with E-state index in [0.29, 0.717) is 6.42 Å². The Morgan fingerprint density at radius 1 is 1.47 bits per heavy atom. The summed E-state index contributed by atoms with van der Waals surface area (Å²) in [5.74, 6) is -0.808. The Hall–Kier alpha value is -1.51. The molecule has 0 spiro atoms. The van der Waals surface area contributed by atoms with Crippen molar-refractivity contribution in [2.24, 2.45) is 0 Å². The predicted octanol–water partition coefficient (Wildman–Crippen LogP) is 2.58. The van der Waals surface area contributed by atoms with Gasteiger partial charge in [-0.05, 0) is 31.9 Å². The highest BCUT2D eigenvalue weighted by Crippen LogP contribution is 2.17. The van der Waals surface area contributed by atoms with Gasteiger partial charge < -0.3 is 10.4 Å². The zero-order chi connectivity index (χ0) is 11.4. The molecule has 0 saturated heterocycles. The van der Waals surface area contributed by atoms with Crippen LogP contribution >= 0.6 is 0 Å². The van der Waals surface area contributed by atoms with Gasteiger partial charge in [-0.25, -0.2) is 4.79 Å². The molecule has 0 aromatic heterocycles. The predicted molar refractivity (Wildman–Crippen MR) is 61.3 cm³/mol. The van der Waals surface area contributed by atoms with Crippen LogP contribution < -0.4 is 5.32 Å². The summed E-state index contributed by atoms with van der Waals surface area (Å²) in [6, 6.07) is 5.43. The Balaban J connectivity index is 2.84. The van der Waals surface area contributed by atoms with Crippen LogP contribution in [0.3, 0.4) is 0 Å². The molecule has 1 rings (SSSR count). The Morgan fingerprint density at radius 2 is 2.13 bits per heavy atom. The van der Waals surface area contributed by atoms with Crippen LogP contribution in [0.15, 0.2) is 18.2 Å². The van der Waals surface area contributed by atoms with Crippen molar-refractivity contribution in [3.8, 4) is 0 Å². The van der Waals surface area contributed by atoms with E-state index in [1.54, 1.807) is 0 Å². The monoisotopic (exact) mass is 207 g/mol. The van der Waals surface area contributed by atoms with Gasteiger partial charge in [0, 0.05) is 5.69 Å². The number of benzene rings is 1. The third-order valence-corrected chi connectivity index (χ3v) is 2.42. The molecule has 0 unspecified atom stereocenters. The number of rotatable bonds is 4. The van der Waals surface area contributed by atoms with Crippen LogP contribution in [0, 0.1) is 13.8 Å². The largest absolute Gasteiger partial charge is 0.480 e. The maximum Gasteiger partial charge on any atom is 0.326 e. The van der Waals surface area contributed by atoms with Crippen molar-refractivity contribution in [3.63, 3.8) is 0 Å². The fourth-order valence-corrected chi connectivity index (χ4v) is 1.50. The van der Waals surface area contributed by atoms with E-state index in [9.17, 15) is 4.79 Å². The SMILES string of the molecule is CC[C@H](Nc1ccc(C)cc1C)C(=O)O. The molecule has 1 aromatic rings. The number of hydrogen-bond acceptors (Lipinski definition) is 2. The van der Waals surface area contributed by atoms with Crippen LogP contribution in [0.2, 0.25) is 0 Å². The first kappa shape index (κ1) is 11.6. The van der Waals surface area contributed by atoms with Gasteiger partial charge in [0.1, 0.15) is 6.04 Å². The quantitative estimate of drug-likeness (QED) is 0.797. The third-order valence-electron chi connectivity index (χ3n) is 2.42. The normalized spacial score (nSPS) is 12.2. The molecule has 2 N–H and O–H groups in total. The van der Waals surface area contributed by atoms with Crippen molar-refractivity contribution in [1.29, 1.82) is 0 Å². The first-order valence-electron chi connectivity index (χ1n) is 5.11. The van der Waals surface area contributed by atoms with Crippen LogP contribution in [0.1, 0.15) is 24.5 Å². The summed E-state index contributed by atoms with van der Waals surface area (Å²) in [5, 5.41) is 11.9. The molecule has 0 heterocycles. The number of carboxylic acid groups (broad SMARTS) is 1. The molecule has 0 aliphatic heterocycles. The zero-order valence-electron chi connectivity index (χ0n) is 9.37. The average Bonchev–Trinajstić information content (AvgIpc) is 2.16. The van der Waals surface area contributed by atoms with E-state index >= 15 is 0 Å². The summed E-state index contributed by atoms with van der Waals surface area (Å²) in [7, 11) is 0. The van der Waals surface area contributed by atoms with E-state index < -0.39 is 12.0 Å². The van der Waals surface area contributed by atoms with Crippen molar-refractivity contribution >= 4 is 11.7 Å². The van der Waals surface area contributed by atoms with Gasteiger partial charge in [0.25, 0.3) is 0 Å². The minimum absolute atomic E-state index is 0.508. The summed E-state index contributed by atoms with van der Waals surface area (Å²) in [6.45, 7) is 5.85. The Labute approximate surface area is 90.1 Å². The maximum atomic E-state index is 10.9. The summed E-state index contributed by atoms with van der Waals surface area (Å²) in [5.41, 5.74) is 3.16. The molecule has 0 saturated carbocycles. The van der Waals surface area contributed by atoms with Crippen molar-refractivity contribution in [1.82, 2.24) is 0 Å². The van der Waals surface area contributed by atoms with Crippen molar-refractivity contribution in [2.45, 2.75) is 33.2 Å². The molecule has 1 atom stereocenters. The molecule has 0 radical (unpaired) electrons. The van der Waals surface area contributed by atoms with Gasteiger partial charge in [-0.3, -0.25) is 0 Å². The number of hydrogen-bond donors (Lipinski definition) is 2. The number of carbonyl (C=O) groups is 1. The second-order valence-electron chi connectivity index (χ2n) is 3.76. The number of nitrogens with one attached hydrogen (secondary N) is 1. The summed E-state index contributed by atoms with van der Waals surface area (Å²) < 4.78 is 0. The lowest BCUT2D eigenvalue weighted by atomic mass is 10.1. The number of anilines is 1. The molecule has 0 aliphatic rings. The lowest BCUT2D eigenvalue weighted by Gasteiger charge is -2.15. The second kappa shape index (κ2) is 4.82. The van der Waals surface area contributed by atoms with Gasteiger partial charge in [-0.2, -0.15) is 0 Å². The highest BCUT2D eigenvalue weighted by Gasteiger charge is 2.14. The third kappa shape index (κ3) is 2.98. The van der Waals surface area contributed by atoms with E-state index in [4.69, 9.17) is 5.11 Å². The fourth-order valence-electron chi connectivity index (χ4n) is 1.50. The molecule has 15 heavy (non-hydrogen) atoms. The lowest BCUT2D eigenvalue weighted by Crippen LogP contribution is -2.28. The summed E-state index contributed by atoms with van der Waals surface area (Å²) in [4.78, 5) is 10.9. The molecular weight excluding hydrogens is 190 g/mol. The first-order chi connectivity index (χ1) is 7.04. The van der Waals surface area contributed by atoms with E-state index in [1.807, 2.05) is 39.0 Å². The standard InChI is InChI=1S/C12H17NO2/c1-4-10(12(14)15)13-11-6-5-8(2)7-9(11)3/h5-7,10,13H,4H2,1-3H3,(H,14,15)/t10-/m0/s1. The molecule has 0 aliphatic carbocycles. The van der Waals surface area contributed by atoms with Gasteiger partial charge in [0.05, 0.1) is 0 Å². The van der Waals surface area contributed by atoms with Gasteiger partial charge in [0.15, 0.2) is 0 Å². The lowest BCUT2D eigenvalue weighted by molar-refractivity contribution is -0.137. The second-order valence-corrected chi connectivity index (χ2v) is 3.76. The summed E-state index contributed by atoms with van der Waals surface area (Å²) in [6.07, 6.45) is 0.572. The van der Waals surface area contributed by atoms with Gasteiger partial charge in [0.2, 0.25) is 0 Å².